The number of carboxylic acid groups (broad SMARTS) is 1. The number of hydrogen-bond acceptors (Lipinski definition) is 8. The van der Waals surface area contributed by atoms with Crippen LogP contribution in [0.25, 0.3) is 11.1 Å². The van der Waals surface area contributed by atoms with Crippen LogP contribution in [0.15, 0.2) is 42.5 Å². The number of carboxylic acids is 1. The summed E-state index contributed by atoms with van der Waals surface area (Å²) >= 11 is 13.4. The number of benzene rings is 3. The zero-order chi connectivity index (χ0) is 34.2. The van der Waals surface area contributed by atoms with Gasteiger partial charge in [0.1, 0.15) is 11.6 Å². The quantitative estimate of drug-likeness (QED) is 0.250. The first-order chi connectivity index (χ1) is 23.7. The van der Waals surface area contributed by atoms with E-state index >= 15 is 4.39 Å². The minimum Gasteiger partial charge on any atom is -0.478 e. The fraction of sp³-hybridized carbons (Fsp3) is 0.444. The molecule has 0 aromatic heterocycles. The van der Waals surface area contributed by atoms with E-state index in [0.717, 1.165) is 50.5 Å². The molecule has 3 saturated heterocycles. The second kappa shape index (κ2) is 14.3. The van der Waals surface area contributed by atoms with Gasteiger partial charge in [-0.15, -0.1) is 0 Å². The molecule has 4 aliphatic heterocycles. The SMILES string of the molecule is COCCOC1CCN(c2cc(Cl)c(C(=O)N3COc4c(cccc4-c4cc(N5C6CCC5COC6)c(C(=O)O)cc4F)C3)c(Cl)c2)CC1. The number of fused-ring (bicyclic) bond motifs is 3. The largest absolute Gasteiger partial charge is 0.478 e. The number of ether oxygens (including phenoxy) is 4. The number of piperidine rings is 1. The maximum absolute atomic E-state index is 15.7. The van der Waals surface area contributed by atoms with Crippen LogP contribution in [0.4, 0.5) is 15.8 Å². The van der Waals surface area contributed by atoms with Crippen LogP contribution in [0, 0.1) is 5.82 Å². The number of carbonyl (C=O) groups is 2. The fourth-order valence-electron chi connectivity index (χ4n) is 7.47. The van der Waals surface area contributed by atoms with E-state index in [4.69, 9.17) is 42.1 Å². The van der Waals surface area contributed by atoms with Crippen LogP contribution >= 0.6 is 23.2 Å². The Morgan fingerprint density at radius 1 is 0.980 bits per heavy atom. The summed E-state index contributed by atoms with van der Waals surface area (Å²) in [5, 5.41) is 10.5. The summed E-state index contributed by atoms with van der Waals surface area (Å²) < 4.78 is 38.5. The standard InChI is InChI=1S/C36H38Cl2FN3O7/c1-46-11-12-48-25-7-9-40(10-8-25)24-13-29(37)33(30(38)14-24)35(43)41-17-21-3-2-4-26(34(21)49-20-41)27-16-32(28(36(44)45)15-31(27)39)42-22-5-6-23(42)19-47-18-22/h2-4,13-16,22-23,25H,5-12,17-20H2,1H3,(H,44,45). The molecule has 0 saturated carbocycles. The molecule has 10 nitrogen and oxygen atoms in total. The predicted molar refractivity (Wildman–Crippen MR) is 184 cm³/mol. The van der Waals surface area contributed by atoms with Crippen molar-refractivity contribution in [2.24, 2.45) is 0 Å². The van der Waals surface area contributed by atoms with Gasteiger partial charge in [0.2, 0.25) is 0 Å². The van der Waals surface area contributed by atoms with Gasteiger partial charge in [0, 0.05) is 42.6 Å². The summed E-state index contributed by atoms with van der Waals surface area (Å²) in [5.41, 5.74) is 2.80. The van der Waals surface area contributed by atoms with E-state index in [0.29, 0.717) is 49.0 Å². The third-order valence-corrected chi connectivity index (χ3v) is 10.5. The maximum Gasteiger partial charge on any atom is 0.337 e. The van der Waals surface area contributed by atoms with Gasteiger partial charge in [0.25, 0.3) is 5.91 Å². The van der Waals surface area contributed by atoms with Crippen molar-refractivity contribution in [1.82, 2.24) is 4.90 Å². The lowest BCUT2D eigenvalue weighted by molar-refractivity contribution is 0.00610. The highest BCUT2D eigenvalue weighted by Gasteiger charge is 2.40. The van der Waals surface area contributed by atoms with E-state index in [1.807, 2.05) is 6.07 Å². The van der Waals surface area contributed by atoms with E-state index in [-0.39, 0.29) is 64.1 Å². The topological polar surface area (TPSA) is 101 Å². The molecule has 2 bridgehead atoms. The lowest BCUT2D eigenvalue weighted by Crippen LogP contribution is -2.46. The molecule has 3 aromatic rings. The summed E-state index contributed by atoms with van der Waals surface area (Å²) in [6.07, 6.45) is 3.64. The molecular weight excluding hydrogens is 676 g/mol. The molecule has 0 spiro atoms. The third-order valence-electron chi connectivity index (χ3n) is 9.92. The molecule has 2 atom stereocenters. The van der Waals surface area contributed by atoms with Crippen molar-refractivity contribution in [1.29, 1.82) is 0 Å². The summed E-state index contributed by atoms with van der Waals surface area (Å²) in [6, 6.07) is 11.6. The van der Waals surface area contributed by atoms with Gasteiger partial charge in [0.05, 0.1) is 78.0 Å². The van der Waals surface area contributed by atoms with Gasteiger partial charge in [-0.25, -0.2) is 9.18 Å². The summed E-state index contributed by atoms with van der Waals surface area (Å²) in [6.45, 7) is 3.73. The van der Waals surface area contributed by atoms with E-state index in [2.05, 4.69) is 9.80 Å². The number of morpholine rings is 1. The molecule has 3 fully saturated rings. The number of amides is 1. The number of methoxy groups -OCH3 is 1. The zero-order valence-corrected chi connectivity index (χ0v) is 28.6. The van der Waals surface area contributed by atoms with Gasteiger partial charge in [-0.05, 0) is 49.9 Å². The first kappa shape index (κ1) is 33.9. The van der Waals surface area contributed by atoms with Crippen LogP contribution in [0.5, 0.6) is 5.75 Å². The van der Waals surface area contributed by atoms with Crippen LogP contribution in [0.2, 0.25) is 10.0 Å². The van der Waals surface area contributed by atoms with Crippen LogP contribution in [0.1, 0.15) is 52.0 Å². The Hall–Kier alpha value is -3.61. The van der Waals surface area contributed by atoms with E-state index < -0.39 is 11.8 Å². The molecule has 1 amide bonds. The Labute approximate surface area is 294 Å². The van der Waals surface area contributed by atoms with Gasteiger partial charge >= 0.3 is 5.97 Å². The van der Waals surface area contributed by atoms with Crippen molar-refractivity contribution in [3.05, 3.63) is 75.0 Å². The Morgan fingerprint density at radius 3 is 2.37 bits per heavy atom. The number of anilines is 2. The van der Waals surface area contributed by atoms with Crippen molar-refractivity contribution < 1.29 is 38.0 Å². The van der Waals surface area contributed by atoms with E-state index in [1.165, 1.54) is 4.90 Å². The number of aromatic carboxylic acids is 1. The minimum absolute atomic E-state index is 0.0291. The molecule has 4 heterocycles. The Kier molecular flexibility index (Phi) is 9.90. The molecule has 3 aromatic carbocycles. The minimum atomic E-state index is -1.19. The predicted octanol–water partition coefficient (Wildman–Crippen LogP) is 6.49. The highest BCUT2D eigenvalue weighted by molar-refractivity contribution is 6.40. The van der Waals surface area contributed by atoms with Crippen LogP contribution in [0.3, 0.4) is 0 Å². The van der Waals surface area contributed by atoms with Gasteiger partial charge < -0.3 is 38.8 Å². The average molecular weight is 715 g/mol. The van der Waals surface area contributed by atoms with E-state index in [9.17, 15) is 14.7 Å². The number of rotatable bonds is 9. The fourth-order valence-corrected chi connectivity index (χ4v) is 8.11. The van der Waals surface area contributed by atoms with Crippen molar-refractivity contribution >= 4 is 46.5 Å². The lowest BCUT2D eigenvalue weighted by atomic mass is 9.96. The highest BCUT2D eigenvalue weighted by Crippen LogP contribution is 2.43. The van der Waals surface area contributed by atoms with Gasteiger partial charge in [-0.2, -0.15) is 0 Å². The summed E-state index contributed by atoms with van der Waals surface area (Å²) in [5.74, 6) is -1.81. The molecule has 7 rings (SSSR count). The maximum atomic E-state index is 15.7. The van der Waals surface area contributed by atoms with Crippen LogP contribution in [-0.2, 0) is 20.8 Å². The third kappa shape index (κ3) is 6.67. The van der Waals surface area contributed by atoms with Crippen molar-refractivity contribution in [3.8, 4) is 16.9 Å². The lowest BCUT2D eigenvalue weighted by Gasteiger charge is -2.37. The monoisotopic (exact) mass is 713 g/mol. The van der Waals surface area contributed by atoms with Crippen molar-refractivity contribution in [2.45, 2.75) is 50.4 Å². The van der Waals surface area contributed by atoms with Gasteiger partial charge in [-0.3, -0.25) is 4.79 Å². The zero-order valence-electron chi connectivity index (χ0n) is 27.1. The summed E-state index contributed by atoms with van der Waals surface area (Å²) in [4.78, 5) is 31.8. The molecular formula is C36H38Cl2FN3O7. The molecule has 13 heteroatoms. The number of nitrogens with zero attached hydrogens (tertiary/aromatic N) is 3. The smallest absolute Gasteiger partial charge is 0.337 e. The normalized spacial score (nSPS) is 20.7. The first-order valence-corrected chi connectivity index (χ1v) is 17.3. The van der Waals surface area contributed by atoms with Gasteiger partial charge in [-0.1, -0.05) is 41.4 Å². The molecule has 4 aliphatic rings. The van der Waals surface area contributed by atoms with Crippen molar-refractivity contribution in [3.63, 3.8) is 0 Å². The molecule has 49 heavy (non-hydrogen) atoms. The number of hydrogen-bond donors (Lipinski definition) is 1. The average Bonchev–Trinajstić information content (AvgIpc) is 3.34. The molecule has 0 aliphatic carbocycles. The van der Waals surface area contributed by atoms with Crippen LogP contribution < -0.4 is 14.5 Å². The number of para-hydroxylation sites is 1. The Morgan fingerprint density at radius 2 is 1.69 bits per heavy atom. The highest BCUT2D eigenvalue weighted by atomic mass is 35.5. The second-order valence-corrected chi connectivity index (χ2v) is 13.7. The molecule has 260 valence electrons. The van der Waals surface area contributed by atoms with E-state index in [1.54, 1.807) is 37.4 Å². The van der Waals surface area contributed by atoms with Gasteiger partial charge in [0.15, 0.2) is 6.73 Å². The molecule has 1 N–H and O–H groups in total. The molecule has 0 radical (unpaired) electrons. The van der Waals surface area contributed by atoms with Crippen LogP contribution in [-0.4, -0.2) is 93.4 Å². The number of carbonyl (C=O) groups excluding carboxylic acids is 1. The Bertz CT molecular complexity index is 1710. The summed E-state index contributed by atoms with van der Waals surface area (Å²) in [7, 11) is 1.65. The number of halogens is 3. The first-order valence-electron chi connectivity index (χ1n) is 16.5. The molecule has 2 unspecified atom stereocenters. The second-order valence-electron chi connectivity index (χ2n) is 12.9. The van der Waals surface area contributed by atoms with Crippen molar-refractivity contribution in [2.75, 3.05) is 63.2 Å². The Balaban J connectivity index is 1.10.